The highest BCUT2D eigenvalue weighted by Crippen LogP contribution is 2.28. The third-order valence-corrected chi connectivity index (χ3v) is 3.85. The van der Waals surface area contributed by atoms with Gasteiger partial charge in [-0.2, -0.15) is 0 Å². The lowest BCUT2D eigenvalue weighted by molar-refractivity contribution is -0.123. The zero-order valence-corrected chi connectivity index (χ0v) is 9.63. The first-order valence-corrected chi connectivity index (χ1v) is 6.57. The summed E-state index contributed by atoms with van der Waals surface area (Å²) in [6, 6.07) is 0. The fraction of sp³-hybridized carbons (Fsp3) is 0.786. The van der Waals surface area contributed by atoms with Crippen molar-refractivity contribution in [3.63, 3.8) is 0 Å². The summed E-state index contributed by atoms with van der Waals surface area (Å²) in [5, 5.41) is 0. The van der Waals surface area contributed by atoms with Crippen molar-refractivity contribution in [2.75, 3.05) is 0 Å². The zero-order chi connectivity index (χ0) is 10.5. The van der Waals surface area contributed by atoms with Crippen molar-refractivity contribution < 1.29 is 4.79 Å². The van der Waals surface area contributed by atoms with E-state index in [1.54, 1.807) is 0 Å². The quantitative estimate of drug-likeness (QED) is 0.637. The number of hydrogen-bond acceptors (Lipinski definition) is 1. The van der Waals surface area contributed by atoms with E-state index in [4.69, 9.17) is 0 Å². The first-order valence-electron chi connectivity index (χ1n) is 6.57. The number of allylic oxidation sites excluding steroid dienone is 2. The number of carbonyl (C=O) groups is 1. The van der Waals surface area contributed by atoms with E-state index in [2.05, 4.69) is 6.08 Å². The van der Waals surface area contributed by atoms with Gasteiger partial charge in [-0.1, -0.05) is 30.9 Å². The maximum absolute atomic E-state index is 12.0. The van der Waals surface area contributed by atoms with Crippen molar-refractivity contribution in [1.82, 2.24) is 0 Å². The minimum absolute atomic E-state index is 0.404. The Balaban J connectivity index is 1.82. The third kappa shape index (κ3) is 3.19. The maximum atomic E-state index is 12.0. The molecule has 1 nitrogen and oxygen atoms in total. The molecule has 0 aliphatic heterocycles. The monoisotopic (exact) mass is 206 g/mol. The van der Waals surface area contributed by atoms with Gasteiger partial charge in [0.25, 0.3) is 0 Å². The summed E-state index contributed by atoms with van der Waals surface area (Å²) >= 11 is 0. The van der Waals surface area contributed by atoms with Crippen molar-refractivity contribution >= 4 is 5.78 Å². The van der Waals surface area contributed by atoms with Gasteiger partial charge < -0.3 is 0 Å². The van der Waals surface area contributed by atoms with Crippen LogP contribution in [0, 0.1) is 5.92 Å². The summed E-state index contributed by atoms with van der Waals surface area (Å²) < 4.78 is 0. The predicted molar refractivity (Wildman–Crippen MR) is 62.8 cm³/mol. The topological polar surface area (TPSA) is 17.1 Å². The summed E-state index contributed by atoms with van der Waals surface area (Å²) in [5.74, 6) is 0.935. The van der Waals surface area contributed by atoms with E-state index < -0.39 is 0 Å². The number of carbonyl (C=O) groups excluding carboxylic acids is 1. The fourth-order valence-corrected chi connectivity index (χ4v) is 2.86. The molecule has 0 heterocycles. The van der Waals surface area contributed by atoms with Gasteiger partial charge in [0.05, 0.1) is 0 Å². The molecule has 0 atom stereocenters. The normalized spacial score (nSPS) is 23.6. The van der Waals surface area contributed by atoms with Crippen LogP contribution in [-0.2, 0) is 4.79 Å². The van der Waals surface area contributed by atoms with Crippen LogP contribution < -0.4 is 0 Å². The molecule has 1 fully saturated rings. The van der Waals surface area contributed by atoms with Crippen LogP contribution in [0.15, 0.2) is 11.6 Å². The molecule has 0 spiro atoms. The van der Waals surface area contributed by atoms with E-state index in [0.29, 0.717) is 11.7 Å². The Bertz CT molecular complexity index is 246. The molecule has 0 aromatic carbocycles. The number of ketones is 1. The molecule has 2 aliphatic carbocycles. The molecule has 84 valence electrons. The van der Waals surface area contributed by atoms with Crippen molar-refractivity contribution in [2.45, 2.75) is 64.2 Å². The Kier molecular flexibility index (Phi) is 3.99. The Labute approximate surface area is 92.9 Å². The van der Waals surface area contributed by atoms with Crippen molar-refractivity contribution in [1.29, 1.82) is 0 Å². The maximum Gasteiger partial charge on any atom is 0.139 e. The van der Waals surface area contributed by atoms with Crippen LogP contribution in [0.4, 0.5) is 0 Å². The first-order chi connectivity index (χ1) is 7.36. The van der Waals surface area contributed by atoms with Gasteiger partial charge in [0.15, 0.2) is 0 Å². The second-order valence-corrected chi connectivity index (χ2v) is 5.09. The summed E-state index contributed by atoms with van der Waals surface area (Å²) in [6.45, 7) is 0. The number of Topliss-reactive ketones (excluding diaryl/α,β-unsaturated/α-hetero) is 1. The lowest BCUT2D eigenvalue weighted by Gasteiger charge is -2.21. The average molecular weight is 206 g/mol. The Morgan fingerprint density at radius 1 is 1.13 bits per heavy atom. The fourth-order valence-electron chi connectivity index (χ4n) is 2.86. The van der Waals surface area contributed by atoms with Crippen molar-refractivity contribution in [3.05, 3.63) is 11.6 Å². The van der Waals surface area contributed by atoms with E-state index >= 15 is 0 Å². The van der Waals surface area contributed by atoms with E-state index in [9.17, 15) is 4.79 Å². The summed E-state index contributed by atoms with van der Waals surface area (Å²) in [5.41, 5.74) is 1.43. The van der Waals surface area contributed by atoms with Gasteiger partial charge in [0.2, 0.25) is 0 Å². The van der Waals surface area contributed by atoms with Gasteiger partial charge >= 0.3 is 0 Å². The molecule has 0 saturated heterocycles. The van der Waals surface area contributed by atoms with Crippen LogP contribution in [-0.4, -0.2) is 5.78 Å². The molecule has 1 heteroatoms. The largest absolute Gasteiger partial charge is 0.299 e. The molecular weight excluding hydrogens is 184 g/mol. The minimum atomic E-state index is 0.404. The molecule has 2 aliphatic rings. The zero-order valence-electron chi connectivity index (χ0n) is 9.63. The second kappa shape index (κ2) is 5.48. The highest BCUT2D eigenvalue weighted by atomic mass is 16.1. The molecule has 0 aromatic rings. The minimum Gasteiger partial charge on any atom is -0.299 e. The van der Waals surface area contributed by atoms with Crippen LogP contribution >= 0.6 is 0 Å². The second-order valence-electron chi connectivity index (χ2n) is 5.09. The lowest BCUT2D eigenvalue weighted by Crippen LogP contribution is -2.18. The number of hydrogen-bond donors (Lipinski definition) is 0. The summed E-state index contributed by atoms with van der Waals surface area (Å²) in [7, 11) is 0. The Hall–Kier alpha value is -0.590. The SMILES string of the molecule is O=C(CC1=CCCCC1)C1CCCCC1. The molecule has 1 saturated carbocycles. The van der Waals surface area contributed by atoms with E-state index in [-0.39, 0.29) is 0 Å². The van der Waals surface area contributed by atoms with Gasteiger partial charge in [-0.3, -0.25) is 4.79 Å². The lowest BCUT2D eigenvalue weighted by atomic mass is 9.83. The number of rotatable bonds is 3. The Morgan fingerprint density at radius 3 is 2.60 bits per heavy atom. The van der Waals surface area contributed by atoms with Gasteiger partial charge in [-0.15, -0.1) is 0 Å². The summed E-state index contributed by atoms with van der Waals surface area (Å²) in [4.78, 5) is 12.0. The van der Waals surface area contributed by atoms with Crippen LogP contribution in [0.2, 0.25) is 0 Å². The molecule has 0 radical (unpaired) electrons. The standard InChI is InChI=1S/C14H22O/c15-14(13-9-5-2-6-10-13)11-12-7-3-1-4-8-12/h7,13H,1-6,8-11H2. The molecule has 0 N–H and O–H groups in total. The smallest absolute Gasteiger partial charge is 0.139 e. The van der Waals surface area contributed by atoms with Crippen LogP contribution in [0.1, 0.15) is 64.2 Å². The first kappa shape index (κ1) is 10.9. The van der Waals surface area contributed by atoms with Crippen LogP contribution in [0.3, 0.4) is 0 Å². The summed E-state index contributed by atoms with van der Waals surface area (Å²) in [6.07, 6.45) is 14.3. The molecule has 15 heavy (non-hydrogen) atoms. The molecule has 2 rings (SSSR count). The Morgan fingerprint density at radius 2 is 1.93 bits per heavy atom. The molecule has 0 aromatic heterocycles. The van der Waals surface area contributed by atoms with Gasteiger partial charge in [0, 0.05) is 12.3 Å². The molecule has 0 amide bonds. The van der Waals surface area contributed by atoms with E-state index in [1.807, 2.05) is 0 Å². The predicted octanol–water partition coefficient (Wildman–Crippen LogP) is 4.03. The van der Waals surface area contributed by atoms with Gasteiger partial charge in [-0.25, -0.2) is 0 Å². The van der Waals surface area contributed by atoms with Crippen LogP contribution in [0.5, 0.6) is 0 Å². The highest BCUT2D eigenvalue weighted by Gasteiger charge is 2.21. The van der Waals surface area contributed by atoms with Gasteiger partial charge in [0.1, 0.15) is 5.78 Å². The molecular formula is C14H22O. The van der Waals surface area contributed by atoms with Crippen LogP contribution in [0.25, 0.3) is 0 Å². The average Bonchev–Trinajstić information content (AvgIpc) is 2.31. The molecule has 0 unspecified atom stereocenters. The van der Waals surface area contributed by atoms with Gasteiger partial charge in [-0.05, 0) is 38.5 Å². The van der Waals surface area contributed by atoms with Crippen molar-refractivity contribution in [3.8, 4) is 0 Å². The van der Waals surface area contributed by atoms with E-state index in [1.165, 1.54) is 50.5 Å². The van der Waals surface area contributed by atoms with Crippen molar-refractivity contribution in [2.24, 2.45) is 5.92 Å². The third-order valence-electron chi connectivity index (χ3n) is 3.85. The highest BCUT2D eigenvalue weighted by molar-refractivity contribution is 5.83. The van der Waals surface area contributed by atoms with E-state index in [0.717, 1.165) is 19.3 Å². The molecule has 0 bridgehead atoms.